The number of ether oxygens (including phenoxy) is 1. The smallest absolute Gasteiger partial charge is 0.311 e. The van der Waals surface area contributed by atoms with Crippen molar-refractivity contribution >= 4 is 5.97 Å². The highest BCUT2D eigenvalue weighted by Gasteiger charge is 2.24. The highest BCUT2D eigenvalue weighted by Crippen LogP contribution is 2.35. The molecule has 1 aromatic rings. The van der Waals surface area contributed by atoms with Crippen molar-refractivity contribution in [3.05, 3.63) is 29.3 Å². The number of esters is 1. The summed E-state index contributed by atoms with van der Waals surface area (Å²) in [6.07, 6.45) is 7.58. The average Bonchev–Trinajstić information content (AvgIpc) is 2.49. The predicted octanol–water partition coefficient (Wildman–Crippen LogP) is 6.94. The van der Waals surface area contributed by atoms with E-state index in [4.69, 9.17) is 4.74 Å². The molecule has 0 saturated carbocycles. The number of benzene rings is 1. The van der Waals surface area contributed by atoms with Crippen molar-refractivity contribution in [1.29, 1.82) is 0 Å². The lowest BCUT2D eigenvalue weighted by atomic mass is 9.80. The van der Waals surface area contributed by atoms with E-state index in [-0.39, 0.29) is 16.8 Å². The van der Waals surface area contributed by atoms with E-state index in [0.717, 1.165) is 24.2 Å². The SMILES string of the molecule is CCCCCCCCC(=O)Oc1ccc(C(C)(C)C)cc1C(C)(C)C. The third kappa shape index (κ3) is 7.63. The summed E-state index contributed by atoms with van der Waals surface area (Å²) in [7, 11) is 0. The van der Waals surface area contributed by atoms with Crippen LogP contribution in [0.5, 0.6) is 5.75 Å². The monoisotopic (exact) mass is 346 g/mol. The maximum Gasteiger partial charge on any atom is 0.311 e. The van der Waals surface area contributed by atoms with Gasteiger partial charge in [-0.1, -0.05) is 92.7 Å². The van der Waals surface area contributed by atoms with Crippen LogP contribution < -0.4 is 4.74 Å². The molecule has 0 heterocycles. The molecule has 0 aliphatic carbocycles. The fraction of sp³-hybridized carbons (Fsp3) is 0.696. The van der Waals surface area contributed by atoms with E-state index in [1.807, 2.05) is 6.07 Å². The van der Waals surface area contributed by atoms with Gasteiger partial charge in [0.15, 0.2) is 0 Å². The van der Waals surface area contributed by atoms with Crippen molar-refractivity contribution in [2.24, 2.45) is 0 Å². The minimum absolute atomic E-state index is 0.0585. The van der Waals surface area contributed by atoms with Gasteiger partial charge < -0.3 is 4.74 Å². The van der Waals surface area contributed by atoms with Crippen LogP contribution in [0, 0.1) is 0 Å². The lowest BCUT2D eigenvalue weighted by molar-refractivity contribution is -0.134. The van der Waals surface area contributed by atoms with Gasteiger partial charge in [-0.3, -0.25) is 4.79 Å². The Morgan fingerprint density at radius 2 is 1.48 bits per heavy atom. The minimum atomic E-state index is -0.107. The molecule has 1 rings (SSSR count). The topological polar surface area (TPSA) is 26.3 Å². The van der Waals surface area contributed by atoms with Crippen LogP contribution >= 0.6 is 0 Å². The number of hydrogen-bond donors (Lipinski definition) is 0. The second-order valence-corrected chi connectivity index (χ2v) is 9.20. The van der Waals surface area contributed by atoms with Gasteiger partial charge >= 0.3 is 5.97 Å². The van der Waals surface area contributed by atoms with Gasteiger partial charge in [-0.15, -0.1) is 0 Å². The van der Waals surface area contributed by atoms with Crippen LogP contribution in [0.4, 0.5) is 0 Å². The number of carbonyl (C=O) groups excluding carboxylic acids is 1. The Balaban J connectivity index is 2.72. The van der Waals surface area contributed by atoms with Crippen LogP contribution in [0.1, 0.15) is 105 Å². The Hall–Kier alpha value is -1.31. The summed E-state index contributed by atoms with van der Waals surface area (Å²) in [5.74, 6) is 0.612. The third-order valence-corrected chi connectivity index (χ3v) is 4.61. The molecule has 2 heteroatoms. The zero-order valence-electron chi connectivity index (χ0n) is 17.5. The zero-order chi connectivity index (χ0) is 19.1. The molecule has 0 spiro atoms. The molecular weight excluding hydrogens is 308 g/mol. The van der Waals surface area contributed by atoms with E-state index >= 15 is 0 Å². The average molecular weight is 347 g/mol. The Bertz CT molecular complexity index is 544. The van der Waals surface area contributed by atoms with Crippen molar-refractivity contribution in [2.75, 3.05) is 0 Å². The first kappa shape index (κ1) is 21.7. The van der Waals surface area contributed by atoms with Gasteiger partial charge in [-0.25, -0.2) is 0 Å². The van der Waals surface area contributed by atoms with Gasteiger partial charge in [0.05, 0.1) is 0 Å². The molecule has 1 aromatic carbocycles. The van der Waals surface area contributed by atoms with Crippen LogP contribution in [-0.2, 0) is 15.6 Å². The zero-order valence-corrected chi connectivity index (χ0v) is 17.5. The van der Waals surface area contributed by atoms with Gasteiger partial charge in [-0.2, -0.15) is 0 Å². The Kier molecular flexibility index (Phi) is 8.18. The predicted molar refractivity (Wildman–Crippen MR) is 107 cm³/mol. The summed E-state index contributed by atoms with van der Waals surface area (Å²) in [5, 5.41) is 0. The van der Waals surface area contributed by atoms with Crippen LogP contribution in [0.25, 0.3) is 0 Å². The number of rotatable bonds is 8. The molecule has 0 atom stereocenters. The van der Waals surface area contributed by atoms with Gasteiger partial charge in [0, 0.05) is 12.0 Å². The molecule has 0 amide bonds. The van der Waals surface area contributed by atoms with Gasteiger partial charge in [0.2, 0.25) is 0 Å². The summed E-state index contributed by atoms with van der Waals surface area (Å²) in [4.78, 5) is 12.2. The lowest BCUT2D eigenvalue weighted by Gasteiger charge is -2.26. The highest BCUT2D eigenvalue weighted by molar-refractivity contribution is 5.73. The molecule has 0 fully saturated rings. The van der Waals surface area contributed by atoms with Gasteiger partial charge in [0.1, 0.15) is 5.75 Å². The van der Waals surface area contributed by atoms with E-state index in [0.29, 0.717) is 6.42 Å². The molecular formula is C23H38O2. The van der Waals surface area contributed by atoms with E-state index in [2.05, 4.69) is 60.6 Å². The Morgan fingerprint density at radius 1 is 0.880 bits per heavy atom. The fourth-order valence-corrected chi connectivity index (χ4v) is 2.89. The summed E-state index contributed by atoms with van der Waals surface area (Å²) in [6, 6.07) is 6.26. The van der Waals surface area contributed by atoms with Gasteiger partial charge in [-0.05, 0) is 28.9 Å². The van der Waals surface area contributed by atoms with E-state index in [1.54, 1.807) is 0 Å². The lowest BCUT2D eigenvalue weighted by Crippen LogP contribution is -2.19. The molecule has 0 aromatic heterocycles. The molecule has 2 nitrogen and oxygen atoms in total. The Labute approximate surface area is 155 Å². The van der Waals surface area contributed by atoms with Crippen molar-refractivity contribution in [1.82, 2.24) is 0 Å². The molecule has 0 radical (unpaired) electrons. The second-order valence-electron chi connectivity index (χ2n) is 9.20. The van der Waals surface area contributed by atoms with Crippen molar-refractivity contribution < 1.29 is 9.53 Å². The maximum atomic E-state index is 12.2. The van der Waals surface area contributed by atoms with E-state index in [1.165, 1.54) is 31.2 Å². The number of carbonyl (C=O) groups is 1. The Morgan fingerprint density at radius 3 is 2.04 bits per heavy atom. The normalized spacial score (nSPS) is 12.3. The molecule has 142 valence electrons. The quantitative estimate of drug-likeness (QED) is 0.289. The maximum absolute atomic E-state index is 12.2. The fourth-order valence-electron chi connectivity index (χ4n) is 2.89. The number of unbranched alkanes of at least 4 members (excludes halogenated alkanes) is 5. The molecule has 0 bridgehead atoms. The summed E-state index contributed by atoms with van der Waals surface area (Å²) < 4.78 is 5.73. The number of hydrogen-bond acceptors (Lipinski definition) is 2. The van der Waals surface area contributed by atoms with E-state index in [9.17, 15) is 4.79 Å². The third-order valence-electron chi connectivity index (χ3n) is 4.61. The van der Waals surface area contributed by atoms with Crippen molar-refractivity contribution in [3.63, 3.8) is 0 Å². The molecule has 0 aliphatic heterocycles. The standard InChI is InChI=1S/C23H38O2/c1-8-9-10-11-12-13-14-21(24)25-20-16-15-18(22(2,3)4)17-19(20)23(5,6)7/h15-17H,8-14H2,1-7H3. The van der Waals surface area contributed by atoms with Crippen molar-refractivity contribution in [3.8, 4) is 5.75 Å². The second kappa shape index (κ2) is 9.40. The minimum Gasteiger partial charge on any atom is -0.426 e. The molecule has 0 unspecified atom stereocenters. The first-order valence-corrected chi connectivity index (χ1v) is 9.91. The van der Waals surface area contributed by atoms with E-state index < -0.39 is 0 Å². The molecule has 0 N–H and O–H groups in total. The summed E-state index contributed by atoms with van der Waals surface area (Å²) in [5.41, 5.74) is 2.40. The summed E-state index contributed by atoms with van der Waals surface area (Å²) >= 11 is 0. The van der Waals surface area contributed by atoms with Gasteiger partial charge in [0.25, 0.3) is 0 Å². The molecule has 0 saturated heterocycles. The van der Waals surface area contributed by atoms with Crippen LogP contribution in [0.15, 0.2) is 18.2 Å². The first-order valence-electron chi connectivity index (χ1n) is 9.91. The molecule has 25 heavy (non-hydrogen) atoms. The highest BCUT2D eigenvalue weighted by atomic mass is 16.5. The first-order chi connectivity index (χ1) is 11.6. The van der Waals surface area contributed by atoms with Crippen LogP contribution in [0.3, 0.4) is 0 Å². The van der Waals surface area contributed by atoms with Crippen molar-refractivity contribution in [2.45, 2.75) is 104 Å². The largest absolute Gasteiger partial charge is 0.426 e. The van der Waals surface area contributed by atoms with Crippen LogP contribution in [-0.4, -0.2) is 5.97 Å². The van der Waals surface area contributed by atoms with Crippen LogP contribution in [0.2, 0.25) is 0 Å². The molecule has 0 aliphatic rings. The summed E-state index contributed by atoms with van der Waals surface area (Å²) in [6.45, 7) is 15.3.